The van der Waals surface area contributed by atoms with Crippen LogP contribution in [-0.2, 0) is 11.3 Å². The molecule has 0 spiro atoms. The van der Waals surface area contributed by atoms with Crippen LogP contribution in [0.15, 0.2) is 48.8 Å². The van der Waals surface area contributed by atoms with E-state index in [2.05, 4.69) is 25.1 Å². The zero-order valence-corrected chi connectivity index (χ0v) is 13.8. The van der Waals surface area contributed by atoms with Crippen molar-refractivity contribution in [3.05, 3.63) is 54.5 Å². The Kier molecular flexibility index (Phi) is 5.74. The van der Waals surface area contributed by atoms with E-state index in [0.29, 0.717) is 13.0 Å². The van der Waals surface area contributed by atoms with E-state index in [1.807, 2.05) is 42.6 Å². The second-order valence-corrected chi connectivity index (χ2v) is 5.86. The molecule has 0 unspecified atom stereocenters. The molecule has 1 aliphatic heterocycles. The number of rotatable bonds is 6. The van der Waals surface area contributed by atoms with Gasteiger partial charge in [-0.05, 0) is 24.3 Å². The van der Waals surface area contributed by atoms with Crippen LogP contribution in [0.25, 0.3) is 0 Å². The van der Waals surface area contributed by atoms with Crippen LogP contribution in [0.1, 0.15) is 12.1 Å². The average molecular weight is 325 g/mol. The fraction of sp³-hybridized carbons (Fsp3) is 0.389. The number of pyridine rings is 2. The van der Waals surface area contributed by atoms with E-state index < -0.39 is 0 Å². The Morgan fingerprint density at radius 1 is 1.00 bits per heavy atom. The highest BCUT2D eigenvalue weighted by Gasteiger charge is 2.18. The summed E-state index contributed by atoms with van der Waals surface area (Å²) in [4.78, 5) is 25.2. The minimum absolute atomic E-state index is 0.0767. The van der Waals surface area contributed by atoms with Crippen molar-refractivity contribution in [2.75, 3.05) is 37.6 Å². The van der Waals surface area contributed by atoms with Gasteiger partial charge in [-0.25, -0.2) is 4.98 Å². The van der Waals surface area contributed by atoms with Gasteiger partial charge >= 0.3 is 0 Å². The van der Waals surface area contributed by atoms with Crippen molar-refractivity contribution in [1.29, 1.82) is 0 Å². The van der Waals surface area contributed by atoms with Crippen molar-refractivity contribution < 1.29 is 4.79 Å². The lowest BCUT2D eigenvalue weighted by Gasteiger charge is -2.35. The molecule has 0 saturated carbocycles. The molecule has 0 bridgehead atoms. The lowest BCUT2D eigenvalue weighted by atomic mass is 10.2. The maximum atomic E-state index is 12.0. The molecule has 2 aromatic rings. The molecule has 1 fully saturated rings. The van der Waals surface area contributed by atoms with Gasteiger partial charge in [-0.2, -0.15) is 0 Å². The number of carbonyl (C=O) groups excluding carboxylic acids is 1. The molecule has 0 aliphatic carbocycles. The first-order valence-electron chi connectivity index (χ1n) is 8.36. The minimum Gasteiger partial charge on any atom is -0.354 e. The van der Waals surface area contributed by atoms with Crippen LogP contribution >= 0.6 is 0 Å². The summed E-state index contributed by atoms with van der Waals surface area (Å²) in [5, 5.41) is 2.92. The van der Waals surface area contributed by atoms with Crippen molar-refractivity contribution in [2.45, 2.75) is 13.0 Å². The molecular weight excluding hydrogens is 302 g/mol. The second kappa shape index (κ2) is 8.40. The van der Waals surface area contributed by atoms with Crippen LogP contribution < -0.4 is 10.2 Å². The SMILES string of the molecule is O=C(CCN1CCN(c2ccccn2)CC1)NCc1ccccn1. The van der Waals surface area contributed by atoms with Crippen LogP contribution in [0.2, 0.25) is 0 Å². The van der Waals surface area contributed by atoms with Gasteiger partial charge in [0.1, 0.15) is 5.82 Å². The Morgan fingerprint density at radius 3 is 2.42 bits per heavy atom. The molecule has 6 heteroatoms. The van der Waals surface area contributed by atoms with E-state index in [1.54, 1.807) is 6.20 Å². The summed E-state index contributed by atoms with van der Waals surface area (Å²) in [5.41, 5.74) is 0.884. The molecular formula is C18H23N5O. The number of amides is 1. The van der Waals surface area contributed by atoms with Gasteiger partial charge in [0.05, 0.1) is 12.2 Å². The smallest absolute Gasteiger partial charge is 0.221 e. The third kappa shape index (κ3) is 4.76. The summed E-state index contributed by atoms with van der Waals surface area (Å²) in [5.74, 6) is 1.11. The molecule has 3 heterocycles. The lowest BCUT2D eigenvalue weighted by Crippen LogP contribution is -2.47. The predicted molar refractivity (Wildman–Crippen MR) is 93.6 cm³/mol. The standard InChI is InChI=1S/C18H23N5O/c24-18(21-15-16-5-1-3-8-19-16)7-10-22-11-13-23(14-12-22)17-6-2-4-9-20-17/h1-6,8-9H,7,10-15H2,(H,21,24). The lowest BCUT2D eigenvalue weighted by molar-refractivity contribution is -0.121. The first kappa shape index (κ1) is 16.4. The highest BCUT2D eigenvalue weighted by Crippen LogP contribution is 2.12. The number of anilines is 1. The number of carbonyl (C=O) groups is 1. The van der Waals surface area contributed by atoms with Crippen LogP contribution in [0.4, 0.5) is 5.82 Å². The fourth-order valence-electron chi connectivity index (χ4n) is 2.78. The van der Waals surface area contributed by atoms with Crippen LogP contribution in [0.5, 0.6) is 0 Å². The van der Waals surface area contributed by atoms with Gasteiger partial charge in [0.25, 0.3) is 0 Å². The number of nitrogens with zero attached hydrogens (tertiary/aromatic N) is 4. The highest BCUT2D eigenvalue weighted by atomic mass is 16.1. The Morgan fingerprint density at radius 2 is 1.75 bits per heavy atom. The number of aromatic nitrogens is 2. The number of piperazine rings is 1. The molecule has 0 atom stereocenters. The summed E-state index contributed by atoms with van der Waals surface area (Å²) in [6.07, 6.45) is 4.09. The number of hydrogen-bond donors (Lipinski definition) is 1. The zero-order valence-electron chi connectivity index (χ0n) is 13.8. The first-order valence-corrected chi connectivity index (χ1v) is 8.36. The molecule has 24 heavy (non-hydrogen) atoms. The van der Waals surface area contributed by atoms with Gasteiger partial charge in [-0.3, -0.25) is 14.7 Å². The molecule has 0 radical (unpaired) electrons. The molecule has 0 aromatic carbocycles. The van der Waals surface area contributed by atoms with Crippen LogP contribution in [0, 0.1) is 0 Å². The van der Waals surface area contributed by atoms with E-state index >= 15 is 0 Å². The Bertz CT molecular complexity index is 626. The van der Waals surface area contributed by atoms with Gasteiger partial charge < -0.3 is 10.2 Å². The molecule has 1 N–H and O–H groups in total. The molecule has 6 nitrogen and oxygen atoms in total. The van der Waals surface area contributed by atoms with Crippen LogP contribution in [-0.4, -0.2) is 53.5 Å². The minimum atomic E-state index is 0.0767. The van der Waals surface area contributed by atoms with E-state index in [4.69, 9.17) is 0 Å². The Hall–Kier alpha value is -2.47. The Balaban J connectivity index is 1.35. The second-order valence-electron chi connectivity index (χ2n) is 5.86. The summed E-state index contributed by atoms with van der Waals surface area (Å²) < 4.78 is 0. The van der Waals surface area contributed by atoms with E-state index in [1.165, 1.54) is 0 Å². The molecule has 1 amide bonds. The van der Waals surface area contributed by atoms with Crippen molar-refractivity contribution in [3.8, 4) is 0 Å². The van der Waals surface area contributed by atoms with Crippen molar-refractivity contribution in [2.24, 2.45) is 0 Å². The van der Waals surface area contributed by atoms with Gasteiger partial charge in [0, 0.05) is 51.5 Å². The summed E-state index contributed by atoms with van der Waals surface area (Å²) in [6, 6.07) is 11.7. The zero-order chi connectivity index (χ0) is 16.6. The monoisotopic (exact) mass is 325 g/mol. The maximum absolute atomic E-state index is 12.0. The van der Waals surface area contributed by atoms with Crippen molar-refractivity contribution in [3.63, 3.8) is 0 Å². The van der Waals surface area contributed by atoms with Gasteiger partial charge in [0.15, 0.2) is 0 Å². The largest absolute Gasteiger partial charge is 0.354 e. The number of nitrogens with one attached hydrogen (secondary N) is 1. The first-order chi connectivity index (χ1) is 11.8. The van der Waals surface area contributed by atoms with E-state index in [9.17, 15) is 4.79 Å². The maximum Gasteiger partial charge on any atom is 0.221 e. The fourth-order valence-corrected chi connectivity index (χ4v) is 2.78. The normalized spacial score (nSPS) is 15.2. The third-order valence-corrected chi connectivity index (χ3v) is 4.19. The van der Waals surface area contributed by atoms with Crippen LogP contribution in [0.3, 0.4) is 0 Å². The molecule has 126 valence electrons. The molecule has 1 aliphatic rings. The third-order valence-electron chi connectivity index (χ3n) is 4.19. The molecule has 1 saturated heterocycles. The summed E-state index contributed by atoms with van der Waals surface area (Å²) in [7, 11) is 0. The quantitative estimate of drug-likeness (QED) is 0.867. The molecule has 2 aromatic heterocycles. The topological polar surface area (TPSA) is 61.4 Å². The van der Waals surface area contributed by atoms with Gasteiger partial charge in [-0.1, -0.05) is 12.1 Å². The Labute approximate surface area is 142 Å². The summed E-state index contributed by atoms with van der Waals surface area (Å²) >= 11 is 0. The van der Waals surface area contributed by atoms with Gasteiger partial charge in [0.2, 0.25) is 5.91 Å². The highest BCUT2D eigenvalue weighted by molar-refractivity contribution is 5.76. The van der Waals surface area contributed by atoms with E-state index in [0.717, 1.165) is 44.2 Å². The summed E-state index contributed by atoms with van der Waals surface area (Å²) in [6.45, 7) is 5.12. The predicted octanol–water partition coefficient (Wildman–Crippen LogP) is 1.31. The van der Waals surface area contributed by atoms with E-state index in [-0.39, 0.29) is 5.91 Å². The van der Waals surface area contributed by atoms with Gasteiger partial charge in [-0.15, -0.1) is 0 Å². The molecule has 3 rings (SSSR count). The average Bonchev–Trinajstić information content (AvgIpc) is 2.67. The van der Waals surface area contributed by atoms with Crippen molar-refractivity contribution in [1.82, 2.24) is 20.2 Å². The van der Waals surface area contributed by atoms with Crippen molar-refractivity contribution >= 4 is 11.7 Å². The number of hydrogen-bond acceptors (Lipinski definition) is 5.